The lowest BCUT2D eigenvalue weighted by atomic mass is 10.3. The fourth-order valence-electron chi connectivity index (χ4n) is 1.60. The lowest BCUT2D eigenvalue weighted by molar-refractivity contribution is 1.32. The molecule has 0 atom stereocenters. The van der Waals surface area contributed by atoms with Crippen LogP contribution in [0.4, 0.5) is 17.3 Å². The second kappa shape index (κ2) is 4.03. The number of aromatic nitrogens is 2. The molecule has 0 radical (unpaired) electrons. The quantitative estimate of drug-likeness (QED) is 0.725. The molecule has 0 unspecified atom stereocenters. The molecule has 3 N–H and O–H groups in total. The number of benzene rings is 1. The van der Waals surface area contributed by atoms with Crippen LogP contribution in [0, 0.1) is 0 Å². The van der Waals surface area contributed by atoms with E-state index in [0.717, 1.165) is 21.7 Å². The first-order valence-corrected chi connectivity index (χ1v) is 6.02. The predicted molar refractivity (Wildman–Crippen MR) is 71.6 cm³/mol. The first kappa shape index (κ1) is 10.0. The van der Waals surface area contributed by atoms with E-state index in [1.807, 2.05) is 29.8 Å². The summed E-state index contributed by atoms with van der Waals surface area (Å²) in [5, 5.41) is 3.21. The van der Waals surface area contributed by atoms with Gasteiger partial charge in [-0.2, -0.15) is 0 Å². The molecular formula is C12H10N4S. The maximum atomic E-state index is 5.63. The van der Waals surface area contributed by atoms with Crippen molar-refractivity contribution in [2.75, 3.05) is 11.1 Å². The molecule has 0 fully saturated rings. The van der Waals surface area contributed by atoms with Crippen LogP contribution in [-0.4, -0.2) is 9.97 Å². The monoisotopic (exact) mass is 242 g/mol. The molecule has 2 aromatic heterocycles. The molecular weight excluding hydrogens is 232 g/mol. The number of thiazole rings is 1. The van der Waals surface area contributed by atoms with Crippen molar-refractivity contribution in [1.29, 1.82) is 0 Å². The molecule has 0 aliphatic rings. The van der Waals surface area contributed by atoms with Gasteiger partial charge in [0.15, 0.2) is 0 Å². The third kappa shape index (κ3) is 2.05. The summed E-state index contributed by atoms with van der Waals surface area (Å²) in [6.07, 6.45) is 0. The zero-order valence-corrected chi connectivity index (χ0v) is 9.74. The summed E-state index contributed by atoms with van der Waals surface area (Å²) in [5.74, 6) is 1.25. The molecule has 5 heteroatoms. The van der Waals surface area contributed by atoms with E-state index in [-0.39, 0.29) is 0 Å². The van der Waals surface area contributed by atoms with Crippen LogP contribution in [-0.2, 0) is 0 Å². The number of nitrogens with two attached hydrogens (primary N) is 1. The van der Waals surface area contributed by atoms with Crippen molar-refractivity contribution in [2.45, 2.75) is 0 Å². The first-order chi connectivity index (χ1) is 8.31. The van der Waals surface area contributed by atoms with Crippen LogP contribution < -0.4 is 11.1 Å². The highest BCUT2D eigenvalue weighted by Gasteiger charge is 2.00. The summed E-state index contributed by atoms with van der Waals surface area (Å²) in [6.45, 7) is 0. The first-order valence-electron chi connectivity index (χ1n) is 5.14. The van der Waals surface area contributed by atoms with Gasteiger partial charge in [0.25, 0.3) is 0 Å². The Hall–Kier alpha value is -2.14. The Balaban J connectivity index is 1.94. The molecule has 0 saturated carbocycles. The third-order valence-corrected chi connectivity index (χ3v) is 3.17. The zero-order chi connectivity index (χ0) is 11.7. The van der Waals surface area contributed by atoms with Crippen LogP contribution in [0.2, 0.25) is 0 Å². The van der Waals surface area contributed by atoms with Gasteiger partial charge in [0.2, 0.25) is 0 Å². The molecule has 0 aliphatic heterocycles. The van der Waals surface area contributed by atoms with Crippen LogP contribution in [0.15, 0.2) is 41.9 Å². The molecule has 0 spiro atoms. The summed E-state index contributed by atoms with van der Waals surface area (Å²) < 4.78 is 1.15. The lowest BCUT2D eigenvalue weighted by Crippen LogP contribution is -1.96. The Morgan fingerprint density at radius 2 is 2.12 bits per heavy atom. The molecule has 0 bridgehead atoms. The number of nitrogens with one attached hydrogen (secondary N) is 1. The number of fused-ring (bicyclic) bond motifs is 1. The van der Waals surface area contributed by atoms with E-state index in [0.29, 0.717) is 5.82 Å². The Kier molecular flexibility index (Phi) is 2.38. The van der Waals surface area contributed by atoms with Crippen molar-refractivity contribution in [1.82, 2.24) is 9.97 Å². The smallest absolute Gasteiger partial charge is 0.132 e. The number of rotatable bonds is 2. The molecule has 4 nitrogen and oxygen atoms in total. The minimum Gasteiger partial charge on any atom is -0.384 e. The fourth-order valence-corrected chi connectivity index (χ4v) is 2.32. The molecule has 0 aliphatic carbocycles. The van der Waals surface area contributed by atoms with Gasteiger partial charge < -0.3 is 11.1 Å². The van der Waals surface area contributed by atoms with E-state index in [1.54, 1.807) is 17.4 Å². The van der Waals surface area contributed by atoms with Crippen LogP contribution >= 0.6 is 11.3 Å². The van der Waals surface area contributed by atoms with Crippen LogP contribution in [0.5, 0.6) is 0 Å². The predicted octanol–water partition coefficient (Wildman–Crippen LogP) is 3.02. The van der Waals surface area contributed by atoms with Gasteiger partial charge in [0, 0.05) is 5.69 Å². The Morgan fingerprint density at radius 1 is 1.18 bits per heavy atom. The number of hydrogen-bond acceptors (Lipinski definition) is 5. The van der Waals surface area contributed by atoms with Gasteiger partial charge in [-0.3, -0.25) is 0 Å². The third-order valence-electron chi connectivity index (χ3n) is 2.37. The molecule has 1 aromatic carbocycles. The van der Waals surface area contributed by atoms with E-state index in [1.165, 1.54) is 0 Å². The van der Waals surface area contributed by atoms with E-state index in [2.05, 4.69) is 21.4 Å². The van der Waals surface area contributed by atoms with Gasteiger partial charge in [0.1, 0.15) is 11.6 Å². The van der Waals surface area contributed by atoms with E-state index in [9.17, 15) is 0 Å². The van der Waals surface area contributed by atoms with Gasteiger partial charge in [-0.1, -0.05) is 6.07 Å². The van der Waals surface area contributed by atoms with Crippen LogP contribution in [0.25, 0.3) is 10.2 Å². The number of nitrogens with zero attached hydrogens (tertiary/aromatic N) is 2. The normalized spacial score (nSPS) is 10.6. The number of pyridine rings is 1. The van der Waals surface area contributed by atoms with Crippen LogP contribution in [0.3, 0.4) is 0 Å². The molecule has 84 valence electrons. The Morgan fingerprint density at radius 3 is 3.00 bits per heavy atom. The molecule has 17 heavy (non-hydrogen) atoms. The van der Waals surface area contributed by atoms with E-state index in [4.69, 9.17) is 5.73 Å². The number of nitrogen functional groups attached to an aromatic ring is 1. The molecule has 0 saturated heterocycles. The highest BCUT2D eigenvalue weighted by molar-refractivity contribution is 7.16. The van der Waals surface area contributed by atoms with Crippen molar-refractivity contribution in [3.8, 4) is 0 Å². The van der Waals surface area contributed by atoms with Gasteiger partial charge >= 0.3 is 0 Å². The Bertz CT molecular complexity index is 662. The van der Waals surface area contributed by atoms with Crippen molar-refractivity contribution in [3.05, 3.63) is 41.9 Å². The number of hydrogen-bond donors (Lipinski definition) is 2. The molecule has 3 rings (SSSR count). The van der Waals surface area contributed by atoms with Gasteiger partial charge in [-0.05, 0) is 30.3 Å². The maximum absolute atomic E-state index is 5.63. The maximum Gasteiger partial charge on any atom is 0.132 e. The van der Waals surface area contributed by atoms with E-state index < -0.39 is 0 Å². The number of anilines is 3. The van der Waals surface area contributed by atoms with Crippen LogP contribution in [0.1, 0.15) is 0 Å². The highest BCUT2D eigenvalue weighted by Crippen LogP contribution is 2.23. The summed E-state index contributed by atoms with van der Waals surface area (Å²) in [4.78, 5) is 8.43. The summed E-state index contributed by atoms with van der Waals surface area (Å²) in [6, 6.07) is 11.5. The zero-order valence-electron chi connectivity index (χ0n) is 8.92. The summed E-state index contributed by atoms with van der Waals surface area (Å²) in [5.41, 5.74) is 9.47. The largest absolute Gasteiger partial charge is 0.384 e. The lowest BCUT2D eigenvalue weighted by Gasteiger charge is -2.05. The van der Waals surface area contributed by atoms with Crippen molar-refractivity contribution < 1.29 is 0 Å². The average molecular weight is 242 g/mol. The SMILES string of the molecule is Nc1cccc(Nc2ccc3ncsc3c2)n1. The summed E-state index contributed by atoms with van der Waals surface area (Å²) in [7, 11) is 0. The second-order valence-corrected chi connectivity index (χ2v) is 4.49. The van der Waals surface area contributed by atoms with Gasteiger partial charge in [-0.15, -0.1) is 11.3 Å². The summed E-state index contributed by atoms with van der Waals surface area (Å²) >= 11 is 1.62. The average Bonchev–Trinajstić information content (AvgIpc) is 2.76. The fraction of sp³-hybridized carbons (Fsp3) is 0. The van der Waals surface area contributed by atoms with Crippen molar-refractivity contribution in [3.63, 3.8) is 0 Å². The van der Waals surface area contributed by atoms with Crippen molar-refractivity contribution >= 4 is 38.9 Å². The van der Waals surface area contributed by atoms with Crippen molar-refractivity contribution in [2.24, 2.45) is 0 Å². The minimum absolute atomic E-state index is 0.508. The second-order valence-electron chi connectivity index (χ2n) is 3.61. The highest BCUT2D eigenvalue weighted by atomic mass is 32.1. The van der Waals surface area contributed by atoms with Gasteiger partial charge in [0.05, 0.1) is 15.7 Å². The molecule has 2 heterocycles. The Labute approximate surface area is 102 Å². The topological polar surface area (TPSA) is 63.8 Å². The molecule has 0 amide bonds. The van der Waals surface area contributed by atoms with E-state index >= 15 is 0 Å². The standard InChI is InChI=1S/C12H10N4S/c13-11-2-1-3-12(16-11)15-8-4-5-9-10(6-8)17-7-14-9/h1-7H,(H3,13,15,16). The molecule has 3 aromatic rings. The van der Waals surface area contributed by atoms with Gasteiger partial charge in [-0.25, -0.2) is 9.97 Å². The minimum atomic E-state index is 0.508.